The van der Waals surface area contributed by atoms with Gasteiger partial charge in [-0.25, -0.2) is 0 Å². The number of benzene rings is 1. The molecule has 1 atom stereocenters. The second-order valence-corrected chi connectivity index (χ2v) is 4.81. The summed E-state index contributed by atoms with van der Waals surface area (Å²) in [5.41, 5.74) is 3.99. The van der Waals surface area contributed by atoms with Crippen molar-refractivity contribution in [2.45, 2.75) is 39.3 Å². The Morgan fingerprint density at radius 2 is 2.35 bits per heavy atom. The van der Waals surface area contributed by atoms with Gasteiger partial charge in [0.1, 0.15) is 17.6 Å². The van der Waals surface area contributed by atoms with Crippen LogP contribution in [0.4, 0.5) is 0 Å². The molecule has 1 aromatic rings. The predicted octanol–water partition coefficient (Wildman–Crippen LogP) is 2.05. The Hall–Kier alpha value is -1.22. The van der Waals surface area contributed by atoms with Crippen molar-refractivity contribution < 1.29 is 9.47 Å². The number of hydrogen-bond acceptors (Lipinski definition) is 3. The first-order chi connectivity index (χ1) is 8.29. The van der Waals surface area contributed by atoms with Crippen molar-refractivity contribution in [2.75, 3.05) is 13.2 Å². The largest absolute Gasteiger partial charge is 0.494 e. The second kappa shape index (κ2) is 4.22. The molecule has 0 saturated heterocycles. The molecule has 1 N–H and O–H groups in total. The van der Waals surface area contributed by atoms with E-state index >= 15 is 0 Å². The molecular formula is C14H19NO2. The van der Waals surface area contributed by atoms with Gasteiger partial charge in [-0.05, 0) is 32.9 Å². The zero-order valence-electron chi connectivity index (χ0n) is 10.5. The van der Waals surface area contributed by atoms with Crippen molar-refractivity contribution in [3.8, 4) is 11.5 Å². The molecule has 2 aliphatic heterocycles. The van der Waals surface area contributed by atoms with Gasteiger partial charge >= 0.3 is 0 Å². The van der Waals surface area contributed by atoms with Crippen molar-refractivity contribution in [1.29, 1.82) is 0 Å². The van der Waals surface area contributed by atoms with E-state index in [0.717, 1.165) is 44.0 Å². The third-order valence-electron chi connectivity index (χ3n) is 3.51. The molecule has 3 rings (SSSR count). The van der Waals surface area contributed by atoms with E-state index in [9.17, 15) is 0 Å². The number of nitrogens with one attached hydrogen (secondary N) is 1. The molecule has 17 heavy (non-hydrogen) atoms. The van der Waals surface area contributed by atoms with Crippen LogP contribution in [0.25, 0.3) is 0 Å². The molecule has 2 aliphatic rings. The highest BCUT2D eigenvalue weighted by Gasteiger charge is 2.28. The first-order valence-electron chi connectivity index (χ1n) is 6.47. The average molecular weight is 233 g/mol. The van der Waals surface area contributed by atoms with Gasteiger partial charge in [-0.1, -0.05) is 0 Å². The van der Waals surface area contributed by atoms with Crippen LogP contribution in [0.5, 0.6) is 11.5 Å². The lowest BCUT2D eigenvalue weighted by atomic mass is 9.95. The van der Waals surface area contributed by atoms with Crippen molar-refractivity contribution in [2.24, 2.45) is 0 Å². The summed E-state index contributed by atoms with van der Waals surface area (Å²) in [7, 11) is 0. The molecule has 0 aliphatic carbocycles. The molecule has 0 saturated carbocycles. The van der Waals surface area contributed by atoms with E-state index in [1.165, 1.54) is 16.7 Å². The van der Waals surface area contributed by atoms with Crippen LogP contribution >= 0.6 is 0 Å². The molecular weight excluding hydrogens is 214 g/mol. The molecule has 1 unspecified atom stereocenters. The lowest BCUT2D eigenvalue weighted by Crippen LogP contribution is -2.25. The highest BCUT2D eigenvalue weighted by molar-refractivity contribution is 5.56. The summed E-state index contributed by atoms with van der Waals surface area (Å²) < 4.78 is 11.7. The number of ether oxygens (including phenoxy) is 2. The summed E-state index contributed by atoms with van der Waals surface area (Å²) in [6, 6.07) is 2.17. The van der Waals surface area contributed by atoms with E-state index < -0.39 is 0 Å². The summed E-state index contributed by atoms with van der Waals surface area (Å²) in [6.45, 7) is 6.83. The molecule has 3 nitrogen and oxygen atoms in total. The topological polar surface area (TPSA) is 30.5 Å². The fourth-order valence-electron chi connectivity index (χ4n) is 2.81. The normalized spacial score (nSPS) is 21.6. The third-order valence-corrected chi connectivity index (χ3v) is 3.51. The number of hydrogen-bond donors (Lipinski definition) is 1. The Kier molecular flexibility index (Phi) is 2.71. The smallest absolute Gasteiger partial charge is 0.126 e. The molecule has 0 bridgehead atoms. The fraction of sp³-hybridized carbons (Fsp3) is 0.571. The molecule has 3 heteroatoms. The molecule has 2 heterocycles. The molecule has 0 radical (unpaired) electrons. The number of fused-ring (bicyclic) bond motifs is 3. The van der Waals surface area contributed by atoms with Crippen LogP contribution in [0.1, 0.15) is 30.5 Å². The highest BCUT2D eigenvalue weighted by Crippen LogP contribution is 2.40. The monoisotopic (exact) mass is 233 g/mol. The summed E-state index contributed by atoms with van der Waals surface area (Å²) >= 11 is 0. The Bertz CT molecular complexity index is 442. The summed E-state index contributed by atoms with van der Waals surface area (Å²) in [5.74, 6) is 2.18. The molecule has 0 aromatic heterocycles. The van der Waals surface area contributed by atoms with Gasteiger partial charge in [0.25, 0.3) is 0 Å². The SMILES string of the molecule is CCOc1cc2c(c3c1CNCC3)OC(C)C2. The van der Waals surface area contributed by atoms with Gasteiger partial charge in [0.15, 0.2) is 0 Å². The van der Waals surface area contributed by atoms with Crippen LogP contribution in [0, 0.1) is 0 Å². The molecule has 0 amide bonds. The minimum absolute atomic E-state index is 0.306. The van der Waals surface area contributed by atoms with Crippen LogP contribution < -0.4 is 14.8 Å². The summed E-state index contributed by atoms with van der Waals surface area (Å²) in [6.07, 6.45) is 2.36. The Labute approximate surface area is 102 Å². The standard InChI is InChI=1S/C14H19NO2/c1-3-16-13-7-10-6-9(2)17-14(10)11-4-5-15-8-12(11)13/h7,9,15H,3-6,8H2,1-2H3. The van der Waals surface area contributed by atoms with Crippen LogP contribution in [0.3, 0.4) is 0 Å². The fourth-order valence-corrected chi connectivity index (χ4v) is 2.81. The molecule has 0 fully saturated rings. The maximum absolute atomic E-state index is 5.95. The van der Waals surface area contributed by atoms with Crippen molar-refractivity contribution in [1.82, 2.24) is 5.32 Å². The van der Waals surface area contributed by atoms with E-state index in [4.69, 9.17) is 9.47 Å². The Balaban J connectivity index is 2.11. The lowest BCUT2D eigenvalue weighted by Gasteiger charge is -2.23. The van der Waals surface area contributed by atoms with Crippen molar-refractivity contribution in [3.05, 3.63) is 22.8 Å². The van der Waals surface area contributed by atoms with Gasteiger partial charge in [0.05, 0.1) is 6.61 Å². The van der Waals surface area contributed by atoms with Gasteiger partial charge in [-0.15, -0.1) is 0 Å². The van der Waals surface area contributed by atoms with Crippen molar-refractivity contribution in [3.63, 3.8) is 0 Å². The van der Waals surface area contributed by atoms with Gasteiger partial charge in [-0.2, -0.15) is 0 Å². The van der Waals surface area contributed by atoms with Gasteiger partial charge in [0, 0.05) is 29.7 Å². The van der Waals surface area contributed by atoms with Crippen molar-refractivity contribution >= 4 is 0 Å². The van der Waals surface area contributed by atoms with E-state index in [1.807, 2.05) is 6.92 Å². The molecule has 0 spiro atoms. The minimum atomic E-state index is 0.306. The average Bonchev–Trinajstić information content (AvgIpc) is 2.70. The maximum Gasteiger partial charge on any atom is 0.126 e. The minimum Gasteiger partial charge on any atom is -0.494 e. The Morgan fingerprint density at radius 1 is 1.47 bits per heavy atom. The number of rotatable bonds is 2. The van der Waals surface area contributed by atoms with E-state index in [-0.39, 0.29) is 0 Å². The zero-order chi connectivity index (χ0) is 11.8. The third kappa shape index (κ3) is 1.78. The van der Waals surface area contributed by atoms with E-state index in [1.54, 1.807) is 0 Å². The van der Waals surface area contributed by atoms with Crippen LogP contribution in [-0.4, -0.2) is 19.3 Å². The summed E-state index contributed by atoms with van der Waals surface area (Å²) in [4.78, 5) is 0. The second-order valence-electron chi connectivity index (χ2n) is 4.81. The van der Waals surface area contributed by atoms with Gasteiger partial charge in [-0.3, -0.25) is 0 Å². The van der Waals surface area contributed by atoms with Gasteiger partial charge < -0.3 is 14.8 Å². The van der Waals surface area contributed by atoms with Gasteiger partial charge in [0.2, 0.25) is 0 Å². The van der Waals surface area contributed by atoms with E-state index in [0.29, 0.717) is 6.10 Å². The first-order valence-corrected chi connectivity index (χ1v) is 6.47. The quantitative estimate of drug-likeness (QED) is 0.848. The maximum atomic E-state index is 5.95. The van der Waals surface area contributed by atoms with Crippen LogP contribution in [0.2, 0.25) is 0 Å². The molecule has 92 valence electrons. The van der Waals surface area contributed by atoms with Crippen LogP contribution in [0.15, 0.2) is 6.07 Å². The predicted molar refractivity (Wildman–Crippen MR) is 66.8 cm³/mol. The molecule has 1 aromatic carbocycles. The van der Waals surface area contributed by atoms with E-state index in [2.05, 4.69) is 18.3 Å². The first kappa shape index (κ1) is 10.9. The summed E-state index contributed by atoms with van der Waals surface area (Å²) in [5, 5.41) is 3.41. The zero-order valence-corrected chi connectivity index (χ0v) is 10.5. The highest BCUT2D eigenvalue weighted by atomic mass is 16.5. The lowest BCUT2D eigenvalue weighted by molar-refractivity contribution is 0.251. The Morgan fingerprint density at radius 3 is 3.18 bits per heavy atom. The van der Waals surface area contributed by atoms with Crippen LogP contribution in [-0.2, 0) is 19.4 Å².